The predicted octanol–water partition coefficient (Wildman–Crippen LogP) is 3.54. The molecule has 3 atom stereocenters. The Bertz CT molecular complexity index is 840. The number of benzene rings is 1. The van der Waals surface area contributed by atoms with Gasteiger partial charge in [0.1, 0.15) is 12.1 Å². The maximum atomic E-state index is 13.2. The lowest BCUT2D eigenvalue weighted by Crippen LogP contribution is -2.56. The molecule has 0 bridgehead atoms. The first-order valence-corrected chi connectivity index (χ1v) is 12.0. The molecular weight excluding hydrogens is 460 g/mol. The molecule has 0 spiro atoms. The van der Waals surface area contributed by atoms with E-state index >= 15 is 0 Å². The normalized spacial score (nSPS) is 13.9. The van der Waals surface area contributed by atoms with Crippen LogP contribution in [-0.2, 0) is 34.1 Å². The van der Waals surface area contributed by atoms with Crippen molar-refractivity contribution >= 4 is 35.4 Å². The highest BCUT2D eigenvalue weighted by molar-refractivity contribution is 6.30. The van der Waals surface area contributed by atoms with Crippen LogP contribution in [0.4, 0.5) is 0 Å². The molecule has 190 valence electrons. The van der Waals surface area contributed by atoms with Gasteiger partial charge in [-0.25, -0.2) is 4.79 Å². The molecule has 1 rings (SSSR count). The highest BCUT2D eigenvalue weighted by Crippen LogP contribution is 2.25. The van der Waals surface area contributed by atoms with Gasteiger partial charge in [-0.1, -0.05) is 44.0 Å². The van der Waals surface area contributed by atoms with Crippen LogP contribution >= 0.6 is 11.6 Å². The molecule has 0 saturated heterocycles. The largest absolute Gasteiger partial charge is 0.466 e. The lowest BCUT2D eigenvalue weighted by molar-refractivity contribution is -0.149. The maximum absolute atomic E-state index is 13.2. The Kier molecular flexibility index (Phi) is 12.1. The van der Waals surface area contributed by atoms with Crippen LogP contribution in [0.15, 0.2) is 24.3 Å². The van der Waals surface area contributed by atoms with Crippen molar-refractivity contribution in [2.45, 2.75) is 78.3 Å². The number of carbonyl (C=O) groups is 4. The summed E-state index contributed by atoms with van der Waals surface area (Å²) < 4.78 is 9.97. The van der Waals surface area contributed by atoms with Crippen molar-refractivity contribution in [2.24, 2.45) is 5.92 Å². The fourth-order valence-corrected chi connectivity index (χ4v) is 3.40. The second kappa shape index (κ2) is 13.9. The molecule has 0 fully saturated rings. The smallest absolute Gasteiger partial charge is 0.328 e. The van der Waals surface area contributed by atoms with Gasteiger partial charge in [0.05, 0.1) is 18.6 Å². The number of esters is 2. The molecule has 0 heterocycles. The van der Waals surface area contributed by atoms with Crippen LogP contribution < -0.4 is 10.6 Å². The van der Waals surface area contributed by atoms with Crippen LogP contribution in [0.3, 0.4) is 0 Å². The zero-order valence-electron chi connectivity index (χ0n) is 20.9. The molecule has 0 unspecified atom stereocenters. The Morgan fingerprint density at radius 1 is 0.971 bits per heavy atom. The third-order valence-corrected chi connectivity index (χ3v) is 6.00. The topological polar surface area (TPSA) is 111 Å². The van der Waals surface area contributed by atoms with E-state index in [1.54, 1.807) is 52.0 Å². The van der Waals surface area contributed by atoms with Crippen molar-refractivity contribution in [1.29, 1.82) is 0 Å². The summed E-state index contributed by atoms with van der Waals surface area (Å²) >= 11 is 5.97. The van der Waals surface area contributed by atoms with Gasteiger partial charge in [-0.2, -0.15) is 0 Å². The van der Waals surface area contributed by atoms with E-state index in [1.807, 2.05) is 13.8 Å². The second-order valence-electron chi connectivity index (χ2n) is 8.63. The number of rotatable bonds is 13. The van der Waals surface area contributed by atoms with Gasteiger partial charge in [0.2, 0.25) is 11.8 Å². The van der Waals surface area contributed by atoms with E-state index in [9.17, 15) is 19.2 Å². The van der Waals surface area contributed by atoms with Gasteiger partial charge in [-0.05, 0) is 57.7 Å². The molecular formula is C25H37ClN2O6. The number of carbonyl (C=O) groups excluding carboxylic acids is 4. The maximum Gasteiger partial charge on any atom is 0.328 e. The fourth-order valence-electron chi connectivity index (χ4n) is 3.27. The summed E-state index contributed by atoms with van der Waals surface area (Å²) in [5.74, 6) is -2.18. The number of amides is 2. The summed E-state index contributed by atoms with van der Waals surface area (Å²) in [5.41, 5.74) is -0.183. The first kappa shape index (κ1) is 29.4. The summed E-state index contributed by atoms with van der Waals surface area (Å²) in [6.07, 6.45) is 0.592. The molecule has 0 radical (unpaired) electrons. The van der Waals surface area contributed by atoms with Crippen molar-refractivity contribution in [2.75, 3.05) is 13.2 Å². The number of hydrogen-bond donors (Lipinski definition) is 2. The molecule has 9 heteroatoms. The van der Waals surface area contributed by atoms with Crippen molar-refractivity contribution in [1.82, 2.24) is 10.6 Å². The van der Waals surface area contributed by atoms with E-state index < -0.39 is 35.3 Å². The summed E-state index contributed by atoms with van der Waals surface area (Å²) in [4.78, 5) is 50.6. The van der Waals surface area contributed by atoms with Crippen molar-refractivity contribution in [3.05, 3.63) is 34.9 Å². The van der Waals surface area contributed by atoms with Crippen LogP contribution in [-0.4, -0.2) is 49.1 Å². The zero-order valence-corrected chi connectivity index (χ0v) is 21.7. The predicted molar refractivity (Wildman–Crippen MR) is 130 cm³/mol. The van der Waals surface area contributed by atoms with Gasteiger partial charge in [0, 0.05) is 11.4 Å². The highest BCUT2D eigenvalue weighted by atomic mass is 35.5. The molecule has 1 aromatic rings. The quantitative estimate of drug-likeness (QED) is 0.404. The molecule has 2 N–H and O–H groups in total. The summed E-state index contributed by atoms with van der Waals surface area (Å²) in [7, 11) is 0. The fraction of sp³-hybridized carbons (Fsp3) is 0.600. The van der Waals surface area contributed by atoms with Gasteiger partial charge in [0.25, 0.3) is 0 Å². The van der Waals surface area contributed by atoms with E-state index in [0.717, 1.165) is 5.56 Å². The Hall–Kier alpha value is -2.61. The number of halogens is 1. The Morgan fingerprint density at radius 2 is 1.56 bits per heavy atom. The lowest BCUT2D eigenvalue weighted by Gasteiger charge is -2.30. The Labute approximate surface area is 207 Å². The molecule has 2 amide bonds. The first-order valence-electron chi connectivity index (χ1n) is 11.7. The Balaban J connectivity index is 3.04. The second-order valence-corrected chi connectivity index (χ2v) is 9.06. The third kappa shape index (κ3) is 8.63. The number of ether oxygens (including phenoxy) is 2. The SMILES string of the molecule is CCOC(=O)CC[C@@H](NC(=O)[C@@H](NC(=O)C(C)(C)c1ccc(Cl)cc1)[C@@H](C)CC)C(=O)OCC. The van der Waals surface area contributed by atoms with Crippen LogP contribution in [0, 0.1) is 5.92 Å². The monoisotopic (exact) mass is 496 g/mol. The first-order chi connectivity index (χ1) is 16.0. The minimum absolute atomic E-state index is 0.0286. The molecule has 0 aliphatic rings. The van der Waals surface area contributed by atoms with E-state index in [-0.39, 0.29) is 37.9 Å². The average Bonchev–Trinajstić information content (AvgIpc) is 2.79. The summed E-state index contributed by atoms with van der Waals surface area (Å²) in [5, 5.41) is 6.08. The van der Waals surface area contributed by atoms with Crippen molar-refractivity contribution in [3.8, 4) is 0 Å². The standard InChI is InChI=1S/C25H37ClN2O6/c1-7-16(4)21(28-24(32)25(5,6)17-10-12-18(26)13-11-17)22(30)27-19(23(31)34-9-3)14-15-20(29)33-8-2/h10-13,16,19,21H,7-9,14-15H2,1-6H3,(H,27,30)(H,28,32)/t16-,19+,21-/m0/s1. The van der Waals surface area contributed by atoms with Crippen molar-refractivity contribution < 1.29 is 28.7 Å². The third-order valence-electron chi connectivity index (χ3n) is 5.75. The minimum atomic E-state index is -1.04. The number of nitrogens with one attached hydrogen (secondary N) is 2. The number of hydrogen-bond acceptors (Lipinski definition) is 6. The van der Waals surface area contributed by atoms with Crippen molar-refractivity contribution in [3.63, 3.8) is 0 Å². The van der Waals surface area contributed by atoms with Gasteiger partial charge in [-0.3, -0.25) is 14.4 Å². The van der Waals surface area contributed by atoms with E-state index in [1.165, 1.54) is 0 Å². The van der Waals surface area contributed by atoms with Gasteiger partial charge in [0.15, 0.2) is 0 Å². The lowest BCUT2D eigenvalue weighted by atomic mass is 9.83. The average molecular weight is 497 g/mol. The van der Waals surface area contributed by atoms with Crippen LogP contribution in [0.5, 0.6) is 0 Å². The van der Waals surface area contributed by atoms with Gasteiger partial charge >= 0.3 is 11.9 Å². The van der Waals surface area contributed by atoms with Gasteiger partial charge < -0.3 is 20.1 Å². The van der Waals surface area contributed by atoms with E-state index in [0.29, 0.717) is 11.4 Å². The van der Waals surface area contributed by atoms with Crippen LogP contribution in [0.2, 0.25) is 5.02 Å². The molecule has 1 aromatic carbocycles. The molecule has 34 heavy (non-hydrogen) atoms. The van der Waals surface area contributed by atoms with E-state index in [2.05, 4.69) is 10.6 Å². The minimum Gasteiger partial charge on any atom is -0.466 e. The van der Waals surface area contributed by atoms with Crippen LogP contribution in [0.1, 0.15) is 66.4 Å². The molecule has 0 saturated carbocycles. The molecule has 8 nitrogen and oxygen atoms in total. The van der Waals surface area contributed by atoms with Gasteiger partial charge in [-0.15, -0.1) is 0 Å². The Morgan fingerprint density at radius 3 is 2.09 bits per heavy atom. The molecule has 0 aliphatic heterocycles. The van der Waals surface area contributed by atoms with E-state index in [4.69, 9.17) is 21.1 Å². The molecule has 0 aliphatic carbocycles. The zero-order chi connectivity index (χ0) is 25.9. The highest BCUT2D eigenvalue weighted by Gasteiger charge is 2.36. The van der Waals surface area contributed by atoms with Crippen LogP contribution in [0.25, 0.3) is 0 Å². The summed E-state index contributed by atoms with van der Waals surface area (Å²) in [6, 6.07) is 5.03. The summed E-state index contributed by atoms with van der Waals surface area (Å²) in [6.45, 7) is 11.0. The molecule has 0 aromatic heterocycles.